The fraction of sp³-hybridized carbons (Fsp3) is 0.154. The monoisotopic (exact) mass is 790 g/mol. The lowest BCUT2D eigenvalue weighted by Gasteiger charge is -2.28. The number of benzene rings is 8. The summed E-state index contributed by atoms with van der Waals surface area (Å²) in [4.78, 5) is 4.89. The molecule has 0 saturated carbocycles. The van der Waals surface area contributed by atoms with Gasteiger partial charge in [0.2, 0.25) is 0 Å². The lowest BCUT2D eigenvalue weighted by Crippen LogP contribution is -2.38. The van der Waals surface area contributed by atoms with Crippen molar-refractivity contribution in [2.45, 2.75) is 53.1 Å². The van der Waals surface area contributed by atoms with E-state index >= 15 is 0 Å². The number of para-hydroxylation sites is 2. The van der Waals surface area contributed by atoms with E-state index in [4.69, 9.17) is 0 Å². The highest BCUT2D eigenvalue weighted by molar-refractivity contribution is 7.27. The first-order chi connectivity index (χ1) is 27.3. The zero-order valence-corrected chi connectivity index (χ0v) is 37.1. The second-order valence-corrected chi connectivity index (χ2v) is 28.9. The van der Waals surface area contributed by atoms with Crippen LogP contribution in [0.2, 0.25) is 39.3 Å². The van der Waals surface area contributed by atoms with Crippen molar-refractivity contribution in [2.24, 2.45) is 0 Å². The van der Waals surface area contributed by atoms with E-state index in [1.54, 1.807) is 0 Å². The van der Waals surface area contributed by atoms with E-state index in [1.807, 2.05) is 11.3 Å². The first kappa shape index (κ1) is 37.1. The van der Waals surface area contributed by atoms with E-state index in [1.165, 1.54) is 91.7 Å². The maximum atomic E-state index is 2.45. The van der Waals surface area contributed by atoms with Crippen molar-refractivity contribution in [3.63, 3.8) is 0 Å². The average Bonchev–Trinajstić information content (AvgIpc) is 3.57. The van der Waals surface area contributed by atoms with E-state index in [0.29, 0.717) is 0 Å². The Bertz CT molecular complexity index is 2960. The summed E-state index contributed by atoms with van der Waals surface area (Å²) >= 11 is 1.92. The van der Waals surface area contributed by atoms with E-state index in [0.717, 1.165) is 5.69 Å². The lowest BCUT2D eigenvalue weighted by molar-refractivity contribution is 1.28. The van der Waals surface area contributed by atoms with Crippen molar-refractivity contribution < 1.29 is 0 Å². The van der Waals surface area contributed by atoms with E-state index in [-0.39, 0.29) is 0 Å². The number of fused-ring (bicyclic) bond motifs is 8. The molecule has 5 heteroatoms. The van der Waals surface area contributed by atoms with Gasteiger partial charge < -0.3 is 9.80 Å². The fourth-order valence-corrected chi connectivity index (χ4v) is 12.2. The summed E-state index contributed by atoms with van der Waals surface area (Å²) in [6, 6.07) is 59.3. The van der Waals surface area contributed by atoms with Crippen molar-refractivity contribution in [2.75, 3.05) is 9.80 Å². The second-order valence-electron chi connectivity index (χ2n) is 17.7. The van der Waals surface area contributed by atoms with Gasteiger partial charge in [-0.1, -0.05) is 135 Å². The first-order valence-electron chi connectivity index (χ1n) is 20.1. The summed E-state index contributed by atoms with van der Waals surface area (Å²) in [6.45, 7) is 19.1. The quantitative estimate of drug-likeness (QED) is 0.112. The Labute approximate surface area is 343 Å². The van der Waals surface area contributed by atoms with Crippen molar-refractivity contribution in [1.29, 1.82) is 0 Å². The van der Waals surface area contributed by atoms with Gasteiger partial charge in [-0.15, -0.1) is 11.3 Å². The van der Waals surface area contributed by atoms with Crippen LogP contribution in [0.15, 0.2) is 158 Å². The second kappa shape index (κ2) is 14.2. The van der Waals surface area contributed by atoms with Crippen LogP contribution in [0, 0.1) is 13.8 Å². The molecule has 0 radical (unpaired) electrons. The molecule has 282 valence electrons. The molecule has 0 bridgehead atoms. The van der Waals surface area contributed by atoms with Gasteiger partial charge in [0, 0.05) is 59.7 Å². The maximum absolute atomic E-state index is 2.45. The molecule has 0 aliphatic heterocycles. The molecule has 0 amide bonds. The molecule has 0 N–H and O–H groups in total. The minimum absolute atomic E-state index is 1.16. The average molecular weight is 791 g/mol. The highest BCUT2D eigenvalue weighted by atomic mass is 32.1. The molecule has 1 aromatic heterocycles. The van der Waals surface area contributed by atoms with Crippen LogP contribution in [-0.4, -0.2) is 16.1 Å². The molecule has 8 aromatic carbocycles. The zero-order valence-electron chi connectivity index (χ0n) is 34.3. The SMILES string of the molecule is Cc1cc(N(c2ccccc2)c2ccc3c(c2)sc2c4ccc(N(c5ccccc5)c5cc(C)cc([Si](C)(C)C)c5)cc4c4ccccc4c32)cc([Si](C)(C)C)c1. The Morgan fingerprint density at radius 2 is 0.842 bits per heavy atom. The molecular weight excluding hydrogens is 741 g/mol. The Morgan fingerprint density at radius 3 is 1.37 bits per heavy atom. The molecule has 2 nitrogen and oxygen atoms in total. The Kier molecular flexibility index (Phi) is 9.23. The third-order valence-corrected chi connectivity index (χ3v) is 16.6. The number of aryl methyl sites for hydroxylation is 2. The molecule has 57 heavy (non-hydrogen) atoms. The van der Waals surface area contributed by atoms with Crippen LogP contribution >= 0.6 is 11.3 Å². The predicted molar refractivity (Wildman–Crippen MR) is 259 cm³/mol. The van der Waals surface area contributed by atoms with Gasteiger partial charge in [-0.05, 0) is 114 Å². The zero-order chi connectivity index (χ0) is 39.6. The molecule has 0 fully saturated rings. The standard InChI is InChI=1S/C52H50N2SSi2/c1-35-27-41(31-43(29-35)56(3,4)5)53(37-17-11-9-12-18-37)39-23-25-47-49(33-39)45-21-15-16-22-46(45)51-48-26-24-40(34-50(48)55-52(47)51)54(38-19-13-10-14-20-38)42-28-36(2)30-44(32-42)57(6,7)8/h9-34H,1-8H3. The van der Waals surface area contributed by atoms with Crippen LogP contribution in [0.4, 0.5) is 34.1 Å². The van der Waals surface area contributed by atoms with Crippen LogP contribution in [0.1, 0.15) is 11.1 Å². The Balaban J connectivity index is 1.26. The normalized spacial score (nSPS) is 12.2. The van der Waals surface area contributed by atoms with Crippen molar-refractivity contribution in [1.82, 2.24) is 0 Å². The lowest BCUT2D eigenvalue weighted by atomic mass is 9.96. The van der Waals surface area contributed by atoms with Gasteiger partial charge in [-0.25, -0.2) is 0 Å². The predicted octanol–water partition coefficient (Wildman–Crippen LogP) is 15.0. The summed E-state index contributed by atoms with van der Waals surface area (Å²) in [5.74, 6) is 0. The van der Waals surface area contributed by atoms with Crippen molar-refractivity contribution >= 4 is 114 Å². The molecule has 0 aliphatic rings. The number of thiophene rings is 1. The summed E-state index contributed by atoms with van der Waals surface area (Å²) in [5.41, 5.74) is 9.71. The van der Waals surface area contributed by atoms with Crippen LogP contribution in [-0.2, 0) is 0 Å². The molecule has 9 aromatic rings. The van der Waals surface area contributed by atoms with E-state index in [2.05, 4.69) is 221 Å². The topological polar surface area (TPSA) is 6.48 Å². The van der Waals surface area contributed by atoms with Gasteiger partial charge >= 0.3 is 0 Å². The minimum Gasteiger partial charge on any atom is -0.310 e. The maximum Gasteiger partial charge on any atom is 0.0777 e. The number of hydrogen-bond acceptors (Lipinski definition) is 3. The largest absolute Gasteiger partial charge is 0.310 e. The van der Waals surface area contributed by atoms with E-state index in [9.17, 15) is 0 Å². The third-order valence-electron chi connectivity index (χ3n) is 11.3. The molecule has 0 unspecified atom stereocenters. The Morgan fingerprint density at radius 1 is 0.368 bits per heavy atom. The summed E-state index contributed by atoms with van der Waals surface area (Å²) in [5, 5.41) is 10.8. The molecule has 9 rings (SSSR count). The van der Waals surface area contributed by atoms with Crippen molar-refractivity contribution in [3.05, 3.63) is 169 Å². The smallest absolute Gasteiger partial charge is 0.0777 e. The fourth-order valence-electron chi connectivity index (χ4n) is 8.41. The van der Waals surface area contributed by atoms with Crippen LogP contribution in [0.3, 0.4) is 0 Å². The molecule has 0 spiro atoms. The summed E-state index contributed by atoms with van der Waals surface area (Å²) in [6.07, 6.45) is 0. The minimum atomic E-state index is -1.56. The molecule has 1 heterocycles. The van der Waals surface area contributed by atoms with Crippen molar-refractivity contribution in [3.8, 4) is 0 Å². The molecule has 0 aliphatic carbocycles. The van der Waals surface area contributed by atoms with Gasteiger partial charge in [-0.3, -0.25) is 0 Å². The Hall–Kier alpha value is -5.47. The van der Waals surface area contributed by atoms with Gasteiger partial charge in [0.15, 0.2) is 0 Å². The molecular formula is C52H50N2SSi2. The third kappa shape index (κ3) is 6.88. The number of anilines is 6. The number of rotatable bonds is 8. The number of nitrogens with zero attached hydrogens (tertiary/aromatic N) is 2. The summed E-state index contributed by atoms with van der Waals surface area (Å²) < 4.78 is 2.64. The van der Waals surface area contributed by atoms with Crippen LogP contribution in [0.5, 0.6) is 0 Å². The van der Waals surface area contributed by atoms with Crippen LogP contribution in [0.25, 0.3) is 41.7 Å². The van der Waals surface area contributed by atoms with Gasteiger partial charge in [0.05, 0.1) is 16.1 Å². The van der Waals surface area contributed by atoms with Gasteiger partial charge in [0.1, 0.15) is 0 Å². The molecule has 0 saturated heterocycles. The number of hydrogen-bond donors (Lipinski definition) is 0. The summed E-state index contributed by atoms with van der Waals surface area (Å²) in [7, 11) is -3.11. The first-order valence-corrected chi connectivity index (χ1v) is 27.9. The highest BCUT2D eigenvalue weighted by Crippen LogP contribution is 2.47. The van der Waals surface area contributed by atoms with E-state index < -0.39 is 16.1 Å². The van der Waals surface area contributed by atoms with Gasteiger partial charge in [0.25, 0.3) is 0 Å². The highest BCUT2D eigenvalue weighted by Gasteiger charge is 2.24. The molecule has 0 atom stereocenters. The van der Waals surface area contributed by atoms with Crippen LogP contribution < -0.4 is 20.2 Å². The van der Waals surface area contributed by atoms with Gasteiger partial charge in [-0.2, -0.15) is 0 Å².